The first-order chi connectivity index (χ1) is 19.1. The summed E-state index contributed by atoms with van der Waals surface area (Å²) >= 11 is 3.41. The van der Waals surface area contributed by atoms with E-state index in [4.69, 9.17) is 0 Å². The van der Waals surface area contributed by atoms with E-state index in [-0.39, 0.29) is 18.3 Å². The van der Waals surface area contributed by atoms with Crippen molar-refractivity contribution in [3.8, 4) is 0 Å². The van der Waals surface area contributed by atoms with E-state index in [0.717, 1.165) is 19.1 Å². The van der Waals surface area contributed by atoms with E-state index >= 15 is 0 Å². The Balaban J connectivity index is 0.00000323. The van der Waals surface area contributed by atoms with E-state index in [2.05, 4.69) is 129 Å². The number of nitrogens with zero attached hydrogens (tertiary/aromatic N) is 1. The Morgan fingerprint density at radius 3 is 1.65 bits per heavy atom. The Hall–Kier alpha value is -2.79. The molecule has 0 radical (unpaired) electrons. The fraction of sp³-hybridized carbons (Fsp3) is 0.182. The average molecular weight is 606 g/mol. The quantitative estimate of drug-likeness (QED) is 0.181. The summed E-state index contributed by atoms with van der Waals surface area (Å²) in [6.45, 7) is -2.86. The first-order valence-corrected chi connectivity index (χ1v) is 17.6. The van der Waals surface area contributed by atoms with Gasteiger partial charge in [0, 0.05) is 0 Å². The van der Waals surface area contributed by atoms with Gasteiger partial charge in [-0.15, -0.1) is 12.4 Å². The topological polar surface area (TPSA) is 40.5 Å². The van der Waals surface area contributed by atoms with Gasteiger partial charge in [-0.05, 0) is 0 Å². The number of thiophene rings is 2. The number of carbonyl (C=O) groups is 1. The molecule has 2 aromatic heterocycles. The van der Waals surface area contributed by atoms with E-state index in [1.165, 1.54) is 27.0 Å². The summed E-state index contributed by atoms with van der Waals surface area (Å²) in [4.78, 5) is 13.2. The van der Waals surface area contributed by atoms with Gasteiger partial charge < -0.3 is 0 Å². The van der Waals surface area contributed by atoms with Gasteiger partial charge in [-0.1, -0.05) is 0 Å². The number of benzene rings is 3. The monoisotopic (exact) mass is 605 g/mol. The summed E-state index contributed by atoms with van der Waals surface area (Å²) in [6, 6.07) is 36.2. The Labute approximate surface area is 250 Å². The van der Waals surface area contributed by atoms with Crippen molar-refractivity contribution < 1.29 is 9.90 Å². The average Bonchev–Trinajstić information content (AvgIpc) is 3.77. The molecule has 1 aliphatic rings. The summed E-state index contributed by atoms with van der Waals surface area (Å²) < 4.78 is 2.47. The Kier molecular flexibility index (Phi) is 8.61. The second-order valence-corrected chi connectivity index (χ2v) is 16.9. The van der Waals surface area contributed by atoms with Crippen molar-refractivity contribution in [3.63, 3.8) is 0 Å². The fourth-order valence-corrected chi connectivity index (χ4v) is 15.5. The van der Waals surface area contributed by atoms with Gasteiger partial charge in [0.05, 0.1) is 0 Å². The van der Waals surface area contributed by atoms with E-state index < -0.39 is 18.8 Å². The van der Waals surface area contributed by atoms with Gasteiger partial charge in [0.1, 0.15) is 0 Å². The molecule has 5 aromatic rings. The summed E-state index contributed by atoms with van der Waals surface area (Å²) in [6.07, 6.45) is 2.29. The molecule has 3 aromatic carbocycles. The van der Waals surface area contributed by atoms with Crippen LogP contribution in [0.15, 0.2) is 125 Å². The molecule has 1 N–H and O–H groups in total. The first-order valence-electron chi connectivity index (χ1n) is 13.3. The van der Waals surface area contributed by atoms with Gasteiger partial charge in [-0.25, -0.2) is 0 Å². The summed E-state index contributed by atoms with van der Waals surface area (Å²) in [7, 11) is 0. The van der Waals surface area contributed by atoms with Crippen LogP contribution in [0.2, 0.25) is 0 Å². The number of hydrogen-bond acceptors (Lipinski definition) is 4. The standard InChI is InChI=1S/C33H32NO2PS2.ClH/c35-33(36)32-21-28(20-26-16-18-38-24-26)22-34(32)37(23-27-17-19-39-25-27,29-10-4-1-5-11-29,30-12-6-2-7-13-30)31-14-8-3-9-15-31;/h1-19,24-25,28,32H,20-23H2,(H,35,36);1H/t28?,32-;/m0./s1. The maximum atomic E-state index is 13.2. The van der Waals surface area contributed by atoms with Gasteiger partial charge in [0.2, 0.25) is 0 Å². The van der Waals surface area contributed by atoms with E-state index in [9.17, 15) is 9.90 Å². The molecule has 0 spiro atoms. The van der Waals surface area contributed by atoms with Crippen molar-refractivity contribution >= 4 is 63.7 Å². The van der Waals surface area contributed by atoms with Crippen LogP contribution in [-0.2, 0) is 17.4 Å². The second-order valence-electron chi connectivity index (χ2n) is 10.5. The van der Waals surface area contributed by atoms with Gasteiger partial charge in [-0.3, -0.25) is 0 Å². The van der Waals surface area contributed by atoms with Gasteiger partial charge >= 0.3 is 239 Å². The molecule has 40 heavy (non-hydrogen) atoms. The van der Waals surface area contributed by atoms with Crippen molar-refractivity contribution in [1.29, 1.82) is 0 Å². The molecular formula is C33H33ClNO2PS2. The van der Waals surface area contributed by atoms with Crippen molar-refractivity contribution in [3.05, 3.63) is 136 Å². The van der Waals surface area contributed by atoms with E-state index in [1.54, 1.807) is 22.7 Å². The number of carboxylic acids is 1. The van der Waals surface area contributed by atoms with Crippen LogP contribution in [0.1, 0.15) is 17.5 Å². The number of hydrogen-bond donors (Lipinski definition) is 1. The normalized spacial score (nSPS) is 18.4. The van der Waals surface area contributed by atoms with Crippen LogP contribution in [0.3, 0.4) is 0 Å². The van der Waals surface area contributed by atoms with Crippen LogP contribution in [-0.4, -0.2) is 28.3 Å². The van der Waals surface area contributed by atoms with Crippen LogP contribution in [0.4, 0.5) is 0 Å². The summed E-state index contributed by atoms with van der Waals surface area (Å²) in [5.74, 6) is -0.481. The predicted octanol–water partition coefficient (Wildman–Crippen LogP) is 7.19. The molecule has 1 saturated heterocycles. The zero-order valence-electron chi connectivity index (χ0n) is 22.1. The SMILES string of the molecule is Cl.O=C(O)[C@@H]1CC(Cc2ccsc2)CN1P(Cc1ccsc1)(c1ccccc1)(c1ccccc1)c1ccccc1. The fourth-order valence-electron chi connectivity index (χ4n) is 6.75. The molecule has 7 heteroatoms. The molecule has 1 fully saturated rings. The molecule has 0 bridgehead atoms. The molecular weight excluding hydrogens is 573 g/mol. The first kappa shape index (κ1) is 28.7. The summed E-state index contributed by atoms with van der Waals surface area (Å²) in [5.41, 5.74) is 2.55. The molecule has 1 unspecified atom stereocenters. The zero-order chi connectivity index (χ0) is 26.7. The van der Waals surface area contributed by atoms with Crippen molar-refractivity contribution in [2.75, 3.05) is 6.54 Å². The molecule has 3 heterocycles. The Bertz CT molecular complexity index is 1410. The summed E-state index contributed by atoms with van der Waals surface area (Å²) in [5, 5.41) is 23.2. The van der Waals surface area contributed by atoms with Gasteiger partial charge in [0.15, 0.2) is 0 Å². The minimum atomic E-state index is -3.59. The van der Waals surface area contributed by atoms with Crippen LogP contribution < -0.4 is 15.9 Å². The third kappa shape index (κ3) is 4.74. The molecule has 206 valence electrons. The van der Waals surface area contributed by atoms with Crippen LogP contribution in [0, 0.1) is 5.92 Å². The van der Waals surface area contributed by atoms with Gasteiger partial charge in [0.25, 0.3) is 0 Å². The van der Waals surface area contributed by atoms with Crippen molar-refractivity contribution in [1.82, 2.24) is 4.67 Å². The maximum absolute atomic E-state index is 13.2. The van der Waals surface area contributed by atoms with E-state index in [1.807, 2.05) is 0 Å². The minimum absolute atomic E-state index is 0. The third-order valence-corrected chi connectivity index (χ3v) is 16.6. The van der Waals surface area contributed by atoms with Crippen LogP contribution >= 0.6 is 41.8 Å². The molecule has 1 aliphatic heterocycles. The molecule has 0 saturated carbocycles. The van der Waals surface area contributed by atoms with Crippen molar-refractivity contribution in [2.24, 2.45) is 5.92 Å². The predicted molar refractivity (Wildman–Crippen MR) is 175 cm³/mol. The zero-order valence-corrected chi connectivity index (χ0v) is 25.4. The molecule has 2 atom stereocenters. The molecule has 0 aliphatic carbocycles. The Morgan fingerprint density at radius 2 is 1.23 bits per heavy atom. The van der Waals surface area contributed by atoms with Crippen molar-refractivity contribution in [2.45, 2.75) is 25.0 Å². The molecule has 0 amide bonds. The van der Waals surface area contributed by atoms with Crippen LogP contribution in [0.25, 0.3) is 0 Å². The Morgan fingerprint density at radius 1 is 0.750 bits per heavy atom. The molecule has 6 rings (SSSR count). The van der Waals surface area contributed by atoms with Gasteiger partial charge in [-0.2, -0.15) is 0 Å². The number of aliphatic carboxylic acids is 1. The third-order valence-electron chi connectivity index (χ3n) is 8.33. The molecule has 3 nitrogen and oxygen atoms in total. The van der Waals surface area contributed by atoms with Crippen LogP contribution in [0.5, 0.6) is 0 Å². The number of halogens is 1. The number of rotatable bonds is 9. The van der Waals surface area contributed by atoms with E-state index in [0.29, 0.717) is 6.42 Å². The second kappa shape index (κ2) is 12.0. The number of carboxylic acid groups (broad SMARTS) is 1.